The smallest absolute Gasteiger partial charge is 0.0706 e. The van der Waals surface area contributed by atoms with Gasteiger partial charge < -0.3 is 10.1 Å². The Morgan fingerprint density at radius 2 is 1.91 bits per heavy atom. The zero-order valence-electron chi connectivity index (χ0n) is 14.4. The highest BCUT2D eigenvalue weighted by Crippen LogP contribution is 2.19. The molecule has 1 fully saturated rings. The van der Waals surface area contributed by atoms with Gasteiger partial charge in [0.1, 0.15) is 0 Å². The van der Waals surface area contributed by atoms with E-state index in [1.54, 1.807) is 0 Å². The van der Waals surface area contributed by atoms with Crippen LogP contribution in [0.3, 0.4) is 0 Å². The molecule has 0 radical (unpaired) electrons. The molecule has 1 aliphatic rings. The van der Waals surface area contributed by atoms with Crippen LogP contribution in [0.15, 0.2) is 36.4 Å². The summed E-state index contributed by atoms with van der Waals surface area (Å²) in [5.74, 6) is 0. The predicted octanol–water partition coefficient (Wildman–Crippen LogP) is 3.00. The van der Waals surface area contributed by atoms with Crippen LogP contribution in [0.5, 0.6) is 0 Å². The number of rotatable bonds is 5. The largest absolute Gasteiger partial charge is 0.379 e. The molecule has 2 heterocycles. The van der Waals surface area contributed by atoms with Crippen molar-refractivity contribution in [2.45, 2.75) is 32.4 Å². The maximum absolute atomic E-state index is 5.46. The van der Waals surface area contributed by atoms with Crippen molar-refractivity contribution < 1.29 is 4.74 Å². The number of benzene rings is 1. The molecule has 1 aromatic carbocycles. The second kappa shape index (κ2) is 6.95. The van der Waals surface area contributed by atoms with Gasteiger partial charge in [-0.15, -0.1) is 0 Å². The first-order chi connectivity index (χ1) is 11.1. The number of pyridine rings is 1. The Labute approximate surface area is 138 Å². The van der Waals surface area contributed by atoms with Gasteiger partial charge in [0.2, 0.25) is 0 Å². The van der Waals surface area contributed by atoms with E-state index in [0.717, 1.165) is 44.1 Å². The van der Waals surface area contributed by atoms with E-state index in [9.17, 15) is 0 Å². The van der Waals surface area contributed by atoms with Gasteiger partial charge in [0.25, 0.3) is 0 Å². The summed E-state index contributed by atoms with van der Waals surface area (Å²) in [6, 6.07) is 12.8. The first kappa shape index (κ1) is 16.4. The van der Waals surface area contributed by atoms with Crippen LogP contribution >= 0.6 is 0 Å². The van der Waals surface area contributed by atoms with Crippen molar-refractivity contribution in [2.24, 2.45) is 0 Å². The molecule has 0 aliphatic carbocycles. The van der Waals surface area contributed by atoms with Gasteiger partial charge in [-0.3, -0.25) is 9.88 Å². The van der Waals surface area contributed by atoms with Crippen LogP contribution < -0.4 is 5.32 Å². The van der Waals surface area contributed by atoms with Crippen LogP contribution in [-0.4, -0.2) is 48.3 Å². The zero-order valence-corrected chi connectivity index (χ0v) is 14.4. The number of nitrogens with zero attached hydrogens (tertiary/aromatic N) is 2. The number of fused-ring (bicyclic) bond motifs is 1. The fourth-order valence-electron chi connectivity index (χ4n) is 3.11. The summed E-state index contributed by atoms with van der Waals surface area (Å²) in [5, 5.41) is 4.85. The summed E-state index contributed by atoms with van der Waals surface area (Å²) < 4.78 is 5.46. The van der Waals surface area contributed by atoms with E-state index in [-0.39, 0.29) is 11.6 Å². The lowest BCUT2D eigenvalue weighted by Crippen LogP contribution is -2.54. The normalized spacial score (nSPS) is 18.2. The molecule has 1 saturated heterocycles. The van der Waals surface area contributed by atoms with Crippen molar-refractivity contribution in [3.05, 3.63) is 42.1 Å². The van der Waals surface area contributed by atoms with E-state index in [1.807, 2.05) is 6.07 Å². The van der Waals surface area contributed by atoms with Crippen LogP contribution in [0.4, 0.5) is 0 Å². The molecule has 1 atom stereocenters. The number of ether oxygens (including phenoxy) is 1. The Hall–Kier alpha value is -1.49. The van der Waals surface area contributed by atoms with E-state index in [0.29, 0.717) is 0 Å². The standard InChI is InChI=1S/C19H27N3O/c1-15(17-9-8-16-6-4-5-7-18(16)21-17)20-14-19(2,3)22-10-12-23-13-11-22/h4-9,15,20H,10-14H2,1-3H3/t15-/m0/s1. The molecule has 4 heteroatoms. The molecule has 0 bridgehead atoms. The first-order valence-corrected chi connectivity index (χ1v) is 8.48. The van der Waals surface area contributed by atoms with Crippen molar-refractivity contribution in [1.29, 1.82) is 0 Å². The predicted molar refractivity (Wildman–Crippen MR) is 94.6 cm³/mol. The third-order valence-corrected chi connectivity index (χ3v) is 4.77. The quantitative estimate of drug-likeness (QED) is 0.921. The van der Waals surface area contributed by atoms with Crippen LogP contribution in [0.25, 0.3) is 10.9 Å². The van der Waals surface area contributed by atoms with Crippen molar-refractivity contribution in [3.8, 4) is 0 Å². The van der Waals surface area contributed by atoms with E-state index in [4.69, 9.17) is 9.72 Å². The van der Waals surface area contributed by atoms with Crippen LogP contribution in [0.1, 0.15) is 32.5 Å². The van der Waals surface area contributed by atoms with E-state index in [2.05, 4.69) is 61.3 Å². The molecule has 1 aliphatic heterocycles. The minimum Gasteiger partial charge on any atom is -0.379 e. The van der Waals surface area contributed by atoms with Crippen LogP contribution in [-0.2, 0) is 4.74 Å². The summed E-state index contributed by atoms with van der Waals surface area (Å²) in [6.45, 7) is 11.4. The van der Waals surface area contributed by atoms with E-state index >= 15 is 0 Å². The maximum Gasteiger partial charge on any atom is 0.0706 e. The Morgan fingerprint density at radius 1 is 1.17 bits per heavy atom. The first-order valence-electron chi connectivity index (χ1n) is 8.48. The summed E-state index contributed by atoms with van der Waals surface area (Å²) in [5.41, 5.74) is 2.28. The summed E-state index contributed by atoms with van der Waals surface area (Å²) in [4.78, 5) is 7.30. The Balaban J connectivity index is 1.64. The number of aromatic nitrogens is 1. The van der Waals surface area contributed by atoms with Crippen molar-refractivity contribution >= 4 is 10.9 Å². The zero-order chi connectivity index (χ0) is 16.3. The van der Waals surface area contributed by atoms with E-state index in [1.165, 1.54) is 5.39 Å². The summed E-state index contributed by atoms with van der Waals surface area (Å²) >= 11 is 0. The molecule has 23 heavy (non-hydrogen) atoms. The topological polar surface area (TPSA) is 37.4 Å². The van der Waals surface area contributed by atoms with Gasteiger partial charge in [-0.2, -0.15) is 0 Å². The lowest BCUT2D eigenvalue weighted by molar-refractivity contribution is -0.0102. The van der Waals surface area contributed by atoms with Crippen LogP contribution in [0, 0.1) is 0 Å². The minimum absolute atomic E-state index is 0.120. The average Bonchev–Trinajstić information content (AvgIpc) is 2.60. The second-order valence-electron chi connectivity index (χ2n) is 6.94. The van der Waals surface area contributed by atoms with Crippen molar-refractivity contribution in [3.63, 3.8) is 0 Å². The van der Waals surface area contributed by atoms with Gasteiger partial charge in [-0.05, 0) is 32.9 Å². The summed E-state index contributed by atoms with van der Waals surface area (Å²) in [7, 11) is 0. The molecule has 1 aromatic heterocycles. The van der Waals surface area contributed by atoms with Gasteiger partial charge in [0, 0.05) is 36.6 Å². The fraction of sp³-hybridized carbons (Fsp3) is 0.526. The highest BCUT2D eigenvalue weighted by molar-refractivity contribution is 5.78. The molecular weight excluding hydrogens is 286 g/mol. The van der Waals surface area contributed by atoms with Gasteiger partial charge >= 0.3 is 0 Å². The molecule has 1 N–H and O–H groups in total. The highest BCUT2D eigenvalue weighted by atomic mass is 16.5. The Morgan fingerprint density at radius 3 is 2.70 bits per heavy atom. The number of para-hydroxylation sites is 1. The lowest BCUT2D eigenvalue weighted by atomic mass is 10.0. The minimum atomic E-state index is 0.120. The fourth-order valence-corrected chi connectivity index (χ4v) is 3.11. The van der Waals surface area contributed by atoms with Gasteiger partial charge in [-0.1, -0.05) is 24.3 Å². The molecule has 4 nitrogen and oxygen atoms in total. The third kappa shape index (κ3) is 3.89. The SMILES string of the molecule is C[C@H](NCC(C)(C)N1CCOCC1)c1ccc2ccccc2n1. The molecule has 2 aromatic rings. The van der Waals surface area contributed by atoms with Crippen molar-refractivity contribution in [2.75, 3.05) is 32.8 Å². The van der Waals surface area contributed by atoms with Crippen molar-refractivity contribution in [1.82, 2.24) is 15.2 Å². The molecule has 3 rings (SSSR count). The third-order valence-electron chi connectivity index (χ3n) is 4.77. The van der Waals surface area contributed by atoms with Gasteiger partial charge in [0.15, 0.2) is 0 Å². The number of morpholine rings is 1. The Bertz CT molecular complexity index is 650. The number of hydrogen-bond acceptors (Lipinski definition) is 4. The van der Waals surface area contributed by atoms with Crippen LogP contribution in [0.2, 0.25) is 0 Å². The molecule has 0 spiro atoms. The molecule has 0 saturated carbocycles. The lowest BCUT2D eigenvalue weighted by Gasteiger charge is -2.41. The number of nitrogens with one attached hydrogen (secondary N) is 1. The number of hydrogen-bond donors (Lipinski definition) is 1. The maximum atomic E-state index is 5.46. The highest BCUT2D eigenvalue weighted by Gasteiger charge is 2.28. The Kier molecular flexibility index (Phi) is 4.95. The van der Waals surface area contributed by atoms with E-state index < -0.39 is 0 Å². The molecule has 0 amide bonds. The second-order valence-corrected chi connectivity index (χ2v) is 6.94. The molecular formula is C19H27N3O. The summed E-state index contributed by atoms with van der Waals surface area (Å²) in [6.07, 6.45) is 0. The van der Waals surface area contributed by atoms with Gasteiger partial charge in [0.05, 0.1) is 24.4 Å². The van der Waals surface area contributed by atoms with Gasteiger partial charge in [-0.25, -0.2) is 0 Å². The molecule has 0 unspecified atom stereocenters. The monoisotopic (exact) mass is 313 g/mol. The average molecular weight is 313 g/mol. The molecule has 124 valence electrons.